The van der Waals surface area contributed by atoms with Crippen LogP contribution in [0, 0.1) is 0 Å². The Hall–Kier alpha value is -2.97. The van der Waals surface area contributed by atoms with Crippen molar-refractivity contribution in [1.29, 1.82) is 0 Å². The second kappa shape index (κ2) is 7.94. The van der Waals surface area contributed by atoms with Crippen molar-refractivity contribution in [2.24, 2.45) is 0 Å². The summed E-state index contributed by atoms with van der Waals surface area (Å²) >= 11 is 0. The van der Waals surface area contributed by atoms with Crippen LogP contribution in [0.4, 0.5) is 5.69 Å². The largest absolute Gasteiger partial charge is 0.485 e. The summed E-state index contributed by atoms with van der Waals surface area (Å²) in [5, 5.41) is 14.0. The van der Waals surface area contributed by atoms with Crippen LogP contribution in [0.3, 0.4) is 0 Å². The number of rotatable bonds is 5. The van der Waals surface area contributed by atoms with Gasteiger partial charge in [-0.1, -0.05) is 0 Å². The molecule has 0 unspecified atom stereocenters. The molecule has 0 aliphatic carbocycles. The summed E-state index contributed by atoms with van der Waals surface area (Å²) in [6.45, 7) is 4.72. The number of ketones is 1. The number of benzene rings is 1. The molecule has 1 fully saturated rings. The molecule has 0 amide bonds. The number of ether oxygens (including phenoxy) is 2. The number of carbonyl (C=O) groups is 1. The highest BCUT2D eigenvalue weighted by Gasteiger charge is 2.32. The van der Waals surface area contributed by atoms with Gasteiger partial charge in [0.05, 0.1) is 31.6 Å². The molecule has 1 saturated heterocycles. The van der Waals surface area contributed by atoms with E-state index in [1.807, 2.05) is 13.0 Å². The van der Waals surface area contributed by atoms with Gasteiger partial charge < -0.3 is 19.5 Å². The Labute approximate surface area is 180 Å². The monoisotopic (exact) mass is 422 g/mol. The molecule has 2 aliphatic heterocycles. The molecule has 2 aromatic heterocycles. The molecule has 1 N–H and O–H groups in total. The van der Waals surface area contributed by atoms with E-state index in [0.717, 1.165) is 48.5 Å². The first kappa shape index (κ1) is 20.0. The molecule has 0 saturated carbocycles. The summed E-state index contributed by atoms with van der Waals surface area (Å²) < 4.78 is 13.3. The fourth-order valence-electron chi connectivity index (χ4n) is 4.31. The third-order valence-corrected chi connectivity index (χ3v) is 6.16. The van der Waals surface area contributed by atoms with Gasteiger partial charge in [0.2, 0.25) is 0 Å². The van der Waals surface area contributed by atoms with Crippen LogP contribution in [0.15, 0.2) is 36.8 Å². The molecule has 0 bridgehead atoms. The van der Waals surface area contributed by atoms with E-state index in [2.05, 4.69) is 21.0 Å². The SMILES string of the molecule is C[C@]1(CO)CCc2cc(CC(=O)c3cnn4cccnc34)c(N3CCOCC3)cc2O1. The lowest BCUT2D eigenvalue weighted by atomic mass is 9.90. The van der Waals surface area contributed by atoms with E-state index in [0.29, 0.717) is 24.4 Å². The van der Waals surface area contributed by atoms with Gasteiger partial charge in [0.1, 0.15) is 11.4 Å². The zero-order valence-electron chi connectivity index (χ0n) is 17.6. The highest BCUT2D eigenvalue weighted by Crippen LogP contribution is 2.38. The average Bonchev–Trinajstić information content (AvgIpc) is 3.24. The minimum Gasteiger partial charge on any atom is -0.485 e. The zero-order valence-corrected chi connectivity index (χ0v) is 17.6. The molecule has 4 heterocycles. The van der Waals surface area contributed by atoms with E-state index in [1.165, 1.54) is 0 Å². The Morgan fingerprint density at radius 3 is 2.94 bits per heavy atom. The number of Topliss-reactive ketones (excluding diaryl/α,β-unsaturated/α-hetero) is 1. The third-order valence-electron chi connectivity index (χ3n) is 6.16. The van der Waals surface area contributed by atoms with Crippen molar-refractivity contribution >= 4 is 17.1 Å². The number of nitrogens with zero attached hydrogens (tertiary/aromatic N) is 4. The fourth-order valence-corrected chi connectivity index (χ4v) is 4.31. The standard InChI is InChI=1S/C23H26N4O4/c1-23(15-28)4-3-16-11-17(19(13-21(16)31-23)26-7-9-30-10-8-26)12-20(29)18-14-25-27-6-2-5-24-22(18)27/h2,5-6,11,13-14,28H,3-4,7-10,12,15H2,1H3/t23-/m1/s1. The number of hydrogen-bond acceptors (Lipinski definition) is 7. The van der Waals surface area contributed by atoms with Gasteiger partial charge in [-0.3, -0.25) is 4.79 Å². The second-order valence-corrected chi connectivity index (χ2v) is 8.44. The van der Waals surface area contributed by atoms with E-state index in [1.54, 1.807) is 29.2 Å². The van der Waals surface area contributed by atoms with Crippen LogP contribution in [0.25, 0.3) is 5.65 Å². The molecule has 5 rings (SSSR count). The van der Waals surface area contributed by atoms with E-state index in [9.17, 15) is 9.90 Å². The van der Waals surface area contributed by atoms with Crippen molar-refractivity contribution in [3.8, 4) is 5.75 Å². The first-order valence-corrected chi connectivity index (χ1v) is 10.7. The van der Waals surface area contributed by atoms with Crippen LogP contribution in [-0.4, -0.2) is 64.0 Å². The van der Waals surface area contributed by atoms with Gasteiger partial charge in [-0.25, -0.2) is 9.50 Å². The molecule has 1 aromatic carbocycles. The van der Waals surface area contributed by atoms with Gasteiger partial charge >= 0.3 is 0 Å². The predicted molar refractivity (Wildman–Crippen MR) is 115 cm³/mol. The molecule has 2 aliphatic rings. The maximum Gasteiger partial charge on any atom is 0.172 e. The highest BCUT2D eigenvalue weighted by molar-refractivity contribution is 6.03. The summed E-state index contributed by atoms with van der Waals surface area (Å²) in [4.78, 5) is 19.8. The molecule has 0 spiro atoms. The van der Waals surface area contributed by atoms with Crippen molar-refractivity contribution in [2.75, 3.05) is 37.8 Å². The Morgan fingerprint density at radius 1 is 1.29 bits per heavy atom. The number of aromatic nitrogens is 3. The maximum atomic E-state index is 13.2. The average molecular weight is 422 g/mol. The number of fused-ring (bicyclic) bond motifs is 2. The lowest BCUT2D eigenvalue weighted by molar-refractivity contribution is 0.00807. The van der Waals surface area contributed by atoms with Gasteiger partial charge in [0.15, 0.2) is 11.4 Å². The topological polar surface area (TPSA) is 89.2 Å². The van der Waals surface area contributed by atoms with Crippen LogP contribution in [0.2, 0.25) is 0 Å². The minimum absolute atomic E-state index is 0.0138. The molecule has 162 valence electrons. The predicted octanol–water partition coefficient (Wildman–Crippen LogP) is 2.07. The van der Waals surface area contributed by atoms with Crippen LogP contribution in [-0.2, 0) is 17.6 Å². The quantitative estimate of drug-likeness (QED) is 0.630. The number of aliphatic hydroxyl groups is 1. The number of carbonyl (C=O) groups excluding carboxylic acids is 1. The first-order valence-electron chi connectivity index (χ1n) is 10.7. The van der Waals surface area contributed by atoms with Crippen LogP contribution in [0.5, 0.6) is 5.75 Å². The van der Waals surface area contributed by atoms with Crippen molar-refractivity contribution in [2.45, 2.75) is 31.8 Å². The summed E-state index contributed by atoms with van der Waals surface area (Å²) in [7, 11) is 0. The number of anilines is 1. The van der Waals surface area contributed by atoms with Crippen molar-refractivity contribution in [3.63, 3.8) is 0 Å². The number of hydrogen-bond donors (Lipinski definition) is 1. The van der Waals surface area contributed by atoms with E-state index in [-0.39, 0.29) is 18.8 Å². The van der Waals surface area contributed by atoms with Gasteiger partial charge in [-0.2, -0.15) is 5.10 Å². The van der Waals surface area contributed by atoms with Crippen LogP contribution < -0.4 is 9.64 Å². The first-order chi connectivity index (χ1) is 15.1. The third kappa shape index (κ3) is 3.77. The Bertz CT molecular complexity index is 1120. The molecular weight excluding hydrogens is 396 g/mol. The minimum atomic E-state index is -0.574. The van der Waals surface area contributed by atoms with Crippen LogP contribution in [0.1, 0.15) is 34.8 Å². The zero-order chi connectivity index (χ0) is 21.4. The van der Waals surface area contributed by atoms with Gasteiger partial charge in [0.25, 0.3) is 0 Å². The smallest absolute Gasteiger partial charge is 0.172 e. The Kier molecular flexibility index (Phi) is 5.11. The molecule has 1 atom stereocenters. The Balaban J connectivity index is 1.51. The molecular formula is C23H26N4O4. The second-order valence-electron chi connectivity index (χ2n) is 8.44. The summed E-state index contributed by atoms with van der Waals surface area (Å²) in [6.07, 6.45) is 6.84. The molecule has 8 heteroatoms. The maximum absolute atomic E-state index is 13.2. The lowest BCUT2D eigenvalue weighted by Gasteiger charge is -2.37. The number of morpholine rings is 1. The highest BCUT2D eigenvalue weighted by atomic mass is 16.5. The fraction of sp³-hybridized carbons (Fsp3) is 0.435. The van der Waals surface area contributed by atoms with E-state index in [4.69, 9.17) is 9.47 Å². The molecule has 3 aromatic rings. The van der Waals surface area contributed by atoms with E-state index >= 15 is 0 Å². The molecule has 8 nitrogen and oxygen atoms in total. The van der Waals surface area contributed by atoms with Crippen LogP contribution >= 0.6 is 0 Å². The normalized spacial score (nSPS) is 21.0. The Morgan fingerprint density at radius 2 is 2.13 bits per heavy atom. The van der Waals surface area contributed by atoms with Crippen molar-refractivity contribution in [3.05, 3.63) is 53.5 Å². The van der Waals surface area contributed by atoms with Crippen molar-refractivity contribution < 1.29 is 19.4 Å². The van der Waals surface area contributed by atoms with Gasteiger partial charge in [-0.15, -0.1) is 0 Å². The summed E-state index contributed by atoms with van der Waals surface area (Å²) in [5.41, 5.74) is 3.55. The summed E-state index contributed by atoms with van der Waals surface area (Å²) in [6, 6.07) is 5.91. The lowest BCUT2D eigenvalue weighted by Crippen LogP contribution is -2.40. The molecule has 0 radical (unpaired) electrons. The van der Waals surface area contributed by atoms with Crippen molar-refractivity contribution in [1.82, 2.24) is 14.6 Å². The van der Waals surface area contributed by atoms with Gasteiger partial charge in [-0.05, 0) is 43.0 Å². The number of aryl methyl sites for hydroxylation is 1. The van der Waals surface area contributed by atoms with E-state index < -0.39 is 5.60 Å². The summed E-state index contributed by atoms with van der Waals surface area (Å²) in [5.74, 6) is 0.776. The molecule has 31 heavy (non-hydrogen) atoms. The number of aliphatic hydroxyl groups excluding tert-OH is 1. The van der Waals surface area contributed by atoms with Gasteiger partial charge in [0, 0.05) is 43.7 Å².